The maximum Gasteiger partial charge on any atom is 0.573 e. The number of aromatic nitrogens is 2. The number of rotatable bonds is 6. The van der Waals surface area contributed by atoms with Crippen LogP contribution in [0.1, 0.15) is 51.6 Å². The molecule has 0 bridgehead atoms. The summed E-state index contributed by atoms with van der Waals surface area (Å²) in [4.78, 5) is 27.3. The van der Waals surface area contributed by atoms with Gasteiger partial charge in [0.1, 0.15) is 5.75 Å². The number of carbonyl (C=O) groups is 2. The zero-order chi connectivity index (χ0) is 26.7. The molecule has 0 atom stereocenters. The van der Waals surface area contributed by atoms with Crippen LogP contribution in [0.4, 0.5) is 18.9 Å². The number of amides is 2. The summed E-state index contributed by atoms with van der Waals surface area (Å²) in [6.07, 6.45) is -3.19. The van der Waals surface area contributed by atoms with E-state index in [-0.39, 0.29) is 24.0 Å². The van der Waals surface area contributed by atoms with Crippen molar-refractivity contribution in [2.45, 2.75) is 45.4 Å². The number of hydrogen-bond acceptors (Lipinski definition) is 4. The maximum atomic E-state index is 13.0. The van der Waals surface area contributed by atoms with E-state index in [9.17, 15) is 22.8 Å². The van der Waals surface area contributed by atoms with Gasteiger partial charge in [-0.1, -0.05) is 24.3 Å². The Morgan fingerprint density at radius 3 is 2.35 bits per heavy atom. The maximum absolute atomic E-state index is 13.0. The Labute approximate surface area is 213 Å². The van der Waals surface area contributed by atoms with Gasteiger partial charge in [-0.25, -0.2) is 0 Å². The molecule has 2 aromatic carbocycles. The molecule has 0 spiro atoms. The largest absolute Gasteiger partial charge is 0.573 e. The summed E-state index contributed by atoms with van der Waals surface area (Å²) in [5, 5.41) is 7.13. The molecule has 0 radical (unpaired) electrons. The molecule has 4 rings (SSSR count). The Balaban J connectivity index is 1.30. The summed E-state index contributed by atoms with van der Waals surface area (Å²) in [6.45, 7) is 5.08. The monoisotopic (exact) mass is 514 g/mol. The molecule has 1 aliphatic heterocycles. The average Bonchev–Trinajstić information content (AvgIpc) is 3.09. The van der Waals surface area contributed by atoms with Gasteiger partial charge in [0.25, 0.3) is 5.91 Å². The third-order valence-electron chi connectivity index (χ3n) is 6.67. The molecule has 7 nitrogen and oxygen atoms in total. The molecular formula is C27H29F3N4O3. The third-order valence-corrected chi connectivity index (χ3v) is 6.67. The normalized spacial score (nSPS) is 14.5. The van der Waals surface area contributed by atoms with Crippen LogP contribution in [0, 0.1) is 13.8 Å². The molecule has 37 heavy (non-hydrogen) atoms. The van der Waals surface area contributed by atoms with Crippen LogP contribution >= 0.6 is 0 Å². The first-order valence-electron chi connectivity index (χ1n) is 12.0. The van der Waals surface area contributed by atoms with Crippen LogP contribution in [0.5, 0.6) is 5.75 Å². The fourth-order valence-electron chi connectivity index (χ4n) is 4.74. The number of carbonyl (C=O) groups excluding carboxylic acids is 2. The van der Waals surface area contributed by atoms with Crippen molar-refractivity contribution in [3.8, 4) is 5.75 Å². The second-order valence-corrected chi connectivity index (χ2v) is 9.28. The predicted molar refractivity (Wildman–Crippen MR) is 132 cm³/mol. The fraction of sp³-hybridized carbons (Fsp3) is 0.370. The molecule has 2 amide bonds. The minimum Gasteiger partial charge on any atom is -0.406 e. The Bertz CT molecular complexity index is 1280. The van der Waals surface area contributed by atoms with E-state index < -0.39 is 6.36 Å². The van der Waals surface area contributed by atoms with Crippen LogP contribution < -0.4 is 10.1 Å². The summed E-state index contributed by atoms with van der Waals surface area (Å²) in [5.41, 5.74) is 4.44. The Kier molecular flexibility index (Phi) is 7.56. The second-order valence-electron chi connectivity index (χ2n) is 9.28. The summed E-state index contributed by atoms with van der Waals surface area (Å²) in [7, 11) is 1.84. The van der Waals surface area contributed by atoms with E-state index in [1.165, 1.54) is 18.2 Å². The standard InChI is InChI=1S/C27H29F3N4O3/c1-17-25(18(2)33(3)32-17)26(36)34-13-11-21(12-14-34)20-7-9-22(10-8-20)31-24(35)16-19-5-4-6-23(15-19)37-27(28,29)30/h4-10,15,21H,11-14,16H2,1-3H3,(H,31,35). The van der Waals surface area contributed by atoms with Crippen molar-refractivity contribution in [3.63, 3.8) is 0 Å². The van der Waals surface area contributed by atoms with Gasteiger partial charge in [0.2, 0.25) is 5.91 Å². The molecule has 0 unspecified atom stereocenters. The summed E-state index contributed by atoms with van der Waals surface area (Å²) in [5.74, 6) is -0.373. The van der Waals surface area contributed by atoms with Crippen LogP contribution in [0.2, 0.25) is 0 Å². The van der Waals surface area contributed by atoms with Crippen LogP contribution in [0.25, 0.3) is 0 Å². The zero-order valence-corrected chi connectivity index (χ0v) is 20.9. The molecule has 0 saturated carbocycles. The summed E-state index contributed by atoms with van der Waals surface area (Å²) < 4.78 is 42.9. The smallest absolute Gasteiger partial charge is 0.406 e. The molecule has 1 aromatic heterocycles. The summed E-state index contributed by atoms with van der Waals surface area (Å²) in [6, 6.07) is 12.9. The first-order valence-corrected chi connectivity index (χ1v) is 12.0. The number of benzene rings is 2. The molecule has 2 heterocycles. The van der Waals surface area contributed by atoms with Crippen molar-refractivity contribution in [3.05, 3.63) is 76.6 Å². The molecular weight excluding hydrogens is 485 g/mol. The minimum absolute atomic E-state index is 0.0233. The van der Waals surface area contributed by atoms with Gasteiger partial charge in [-0.15, -0.1) is 13.2 Å². The average molecular weight is 515 g/mol. The van der Waals surface area contributed by atoms with E-state index in [0.29, 0.717) is 35.8 Å². The van der Waals surface area contributed by atoms with Crippen molar-refractivity contribution in [1.29, 1.82) is 0 Å². The molecule has 1 saturated heterocycles. The van der Waals surface area contributed by atoms with Crippen LogP contribution in [-0.4, -0.2) is 45.9 Å². The highest BCUT2D eigenvalue weighted by Crippen LogP contribution is 2.30. The molecule has 3 aromatic rings. The number of halogens is 3. The van der Waals surface area contributed by atoms with Crippen molar-refractivity contribution in [2.75, 3.05) is 18.4 Å². The van der Waals surface area contributed by atoms with Gasteiger partial charge >= 0.3 is 6.36 Å². The number of nitrogens with one attached hydrogen (secondary N) is 1. The molecule has 1 aliphatic rings. The van der Waals surface area contributed by atoms with E-state index in [4.69, 9.17) is 0 Å². The second kappa shape index (κ2) is 10.7. The van der Waals surface area contributed by atoms with E-state index in [1.807, 2.05) is 50.1 Å². The molecule has 1 fully saturated rings. The van der Waals surface area contributed by atoms with Gasteiger partial charge in [-0.3, -0.25) is 14.3 Å². The van der Waals surface area contributed by atoms with Gasteiger partial charge in [-0.2, -0.15) is 5.10 Å². The lowest BCUT2D eigenvalue weighted by Gasteiger charge is -2.32. The fourth-order valence-corrected chi connectivity index (χ4v) is 4.74. The van der Waals surface area contributed by atoms with Gasteiger partial charge in [0.15, 0.2) is 0 Å². The van der Waals surface area contributed by atoms with Gasteiger partial charge in [0.05, 0.1) is 17.7 Å². The lowest BCUT2D eigenvalue weighted by atomic mass is 9.89. The number of piperidine rings is 1. The highest BCUT2D eigenvalue weighted by Gasteiger charge is 2.31. The molecule has 196 valence electrons. The van der Waals surface area contributed by atoms with E-state index >= 15 is 0 Å². The number of alkyl halides is 3. The van der Waals surface area contributed by atoms with Crippen LogP contribution in [0.15, 0.2) is 48.5 Å². The number of anilines is 1. The number of aryl methyl sites for hydroxylation is 2. The number of hydrogen-bond donors (Lipinski definition) is 1. The first kappa shape index (κ1) is 26.2. The lowest BCUT2D eigenvalue weighted by Crippen LogP contribution is -2.38. The topological polar surface area (TPSA) is 76.5 Å². The zero-order valence-electron chi connectivity index (χ0n) is 20.9. The highest BCUT2D eigenvalue weighted by molar-refractivity contribution is 5.96. The highest BCUT2D eigenvalue weighted by atomic mass is 19.4. The van der Waals surface area contributed by atoms with Crippen molar-refractivity contribution < 1.29 is 27.5 Å². The van der Waals surface area contributed by atoms with Gasteiger partial charge < -0.3 is 15.0 Å². The van der Waals surface area contributed by atoms with E-state index in [0.717, 1.165) is 29.8 Å². The molecule has 0 aliphatic carbocycles. The Morgan fingerprint density at radius 1 is 1.08 bits per heavy atom. The molecule has 1 N–H and O–H groups in total. The van der Waals surface area contributed by atoms with E-state index in [2.05, 4.69) is 15.2 Å². The predicted octanol–water partition coefficient (Wildman–Crippen LogP) is 5.14. The van der Waals surface area contributed by atoms with Gasteiger partial charge in [0, 0.05) is 31.5 Å². The van der Waals surface area contributed by atoms with Crippen molar-refractivity contribution in [2.24, 2.45) is 7.05 Å². The third kappa shape index (κ3) is 6.49. The molecule has 10 heteroatoms. The van der Waals surface area contributed by atoms with E-state index in [1.54, 1.807) is 10.7 Å². The lowest BCUT2D eigenvalue weighted by molar-refractivity contribution is -0.274. The SMILES string of the molecule is Cc1nn(C)c(C)c1C(=O)N1CCC(c2ccc(NC(=O)Cc3cccc(OC(F)(F)F)c3)cc2)CC1. The number of ether oxygens (including phenoxy) is 1. The van der Waals surface area contributed by atoms with Crippen LogP contribution in [0.3, 0.4) is 0 Å². The quantitative estimate of drug-likeness (QED) is 0.495. The number of likely N-dealkylation sites (tertiary alicyclic amines) is 1. The Hall–Kier alpha value is -3.82. The number of nitrogens with zero attached hydrogens (tertiary/aromatic N) is 3. The summed E-state index contributed by atoms with van der Waals surface area (Å²) >= 11 is 0. The van der Waals surface area contributed by atoms with Crippen molar-refractivity contribution in [1.82, 2.24) is 14.7 Å². The first-order chi connectivity index (χ1) is 17.5. The Morgan fingerprint density at radius 2 is 1.76 bits per heavy atom. The van der Waals surface area contributed by atoms with Crippen LogP contribution in [-0.2, 0) is 18.3 Å². The van der Waals surface area contributed by atoms with Crippen molar-refractivity contribution >= 4 is 17.5 Å². The minimum atomic E-state index is -4.79. The van der Waals surface area contributed by atoms with Gasteiger partial charge in [-0.05, 0) is 68.0 Å².